The summed E-state index contributed by atoms with van der Waals surface area (Å²) >= 11 is 4.40. The fraction of sp³-hybridized carbons (Fsp3) is 0.500. The van der Waals surface area contributed by atoms with E-state index in [-0.39, 0.29) is 11.5 Å². The molecule has 0 aromatic heterocycles. The summed E-state index contributed by atoms with van der Waals surface area (Å²) in [5.41, 5.74) is 3.57. The van der Waals surface area contributed by atoms with Crippen molar-refractivity contribution in [1.82, 2.24) is 11.0 Å². The Bertz CT molecular complexity index is 197. The molecule has 0 bridgehead atoms. The molecule has 0 aliphatic carbocycles. The SMILES string of the molecule is O=CCCCC(=O)ONC(=S)NO. The van der Waals surface area contributed by atoms with E-state index in [1.165, 1.54) is 0 Å². The highest BCUT2D eigenvalue weighted by Crippen LogP contribution is 1.93. The zero-order valence-corrected chi connectivity index (χ0v) is 7.60. The Morgan fingerprint density at radius 1 is 1.62 bits per heavy atom. The van der Waals surface area contributed by atoms with E-state index in [0.29, 0.717) is 12.8 Å². The zero-order chi connectivity index (χ0) is 10.1. The second kappa shape index (κ2) is 7.44. The van der Waals surface area contributed by atoms with Crippen molar-refractivity contribution in [3.8, 4) is 0 Å². The van der Waals surface area contributed by atoms with Crippen molar-refractivity contribution in [3.63, 3.8) is 0 Å². The summed E-state index contributed by atoms with van der Waals surface area (Å²) in [5, 5.41) is 7.97. The van der Waals surface area contributed by atoms with Crippen LogP contribution in [0.4, 0.5) is 0 Å². The molecule has 3 N–H and O–H groups in total. The third kappa shape index (κ3) is 7.16. The van der Waals surface area contributed by atoms with Crippen molar-refractivity contribution in [1.29, 1.82) is 0 Å². The molecule has 13 heavy (non-hydrogen) atoms. The van der Waals surface area contributed by atoms with Crippen LogP contribution < -0.4 is 11.0 Å². The summed E-state index contributed by atoms with van der Waals surface area (Å²) in [7, 11) is 0. The molecule has 6 nitrogen and oxygen atoms in total. The predicted octanol–water partition coefficient (Wildman–Crippen LogP) is -0.333. The predicted molar refractivity (Wildman–Crippen MR) is 46.7 cm³/mol. The highest BCUT2D eigenvalue weighted by molar-refractivity contribution is 7.80. The Morgan fingerprint density at radius 3 is 2.85 bits per heavy atom. The van der Waals surface area contributed by atoms with E-state index in [4.69, 9.17) is 5.21 Å². The number of carbonyl (C=O) groups is 2. The van der Waals surface area contributed by atoms with Crippen LogP contribution in [-0.2, 0) is 14.4 Å². The topological polar surface area (TPSA) is 87.7 Å². The van der Waals surface area contributed by atoms with Crippen LogP contribution in [0, 0.1) is 0 Å². The Labute approximate surface area is 80.2 Å². The van der Waals surface area contributed by atoms with Gasteiger partial charge in [0.2, 0.25) is 5.11 Å². The third-order valence-corrected chi connectivity index (χ3v) is 1.24. The lowest BCUT2D eigenvalue weighted by Crippen LogP contribution is -2.34. The van der Waals surface area contributed by atoms with Crippen LogP contribution in [0.15, 0.2) is 0 Å². The first-order valence-electron chi connectivity index (χ1n) is 3.54. The van der Waals surface area contributed by atoms with Crippen LogP contribution in [0.2, 0.25) is 0 Å². The molecule has 0 heterocycles. The molecule has 0 rings (SSSR count). The third-order valence-electron chi connectivity index (χ3n) is 1.06. The normalized spacial score (nSPS) is 8.69. The van der Waals surface area contributed by atoms with Crippen molar-refractivity contribution in [2.45, 2.75) is 19.3 Å². The Hall–Kier alpha value is -1.21. The van der Waals surface area contributed by atoms with E-state index >= 15 is 0 Å². The van der Waals surface area contributed by atoms with Crippen LogP contribution in [-0.4, -0.2) is 22.6 Å². The first-order valence-corrected chi connectivity index (χ1v) is 3.95. The summed E-state index contributed by atoms with van der Waals surface area (Å²) in [6, 6.07) is 0. The lowest BCUT2D eigenvalue weighted by Gasteiger charge is -2.05. The molecule has 0 saturated heterocycles. The van der Waals surface area contributed by atoms with Crippen LogP contribution in [0.3, 0.4) is 0 Å². The van der Waals surface area contributed by atoms with Crippen molar-refractivity contribution < 1.29 is 19.6 Å². The molecular weight excluding hydrogens is 196 g/mol. The summed E-state index contributed by atoms with van der Waals surface area (Å²) in [6.07, 6.45) is 1.60. The largest absolute Gasteiger partial charge is 0.341 e. The van der Waals surface area contributed by atoms with Crippen LogP contribution >= 0.6 is 12.2 Å². The van der Waals surface area contributed by atoms with E-state index < -0.39 is 5.97 Å². The minimum atomic E-state index is -0.542. The average molecular weight is 206 g/mol. The molecule has 0 amide bonds. The lowest BCUT2D eigenvalue weighted by molar-refractivity contribution is -0.148. The van der Waals surface area contributed by atoms with Gasteiger partial charge in [-0.2, -0.15) is 5.48 Å². The maximum Gasteiger partial charge on any atom is 0.332 e. The number of rotatable bonds is 4. The van der Waals surface area contributed by atoms with Gasteiger partial charge in [-0.3, -0.25) is 5.21 Å². The fourth-order valence-corrected chi connectivity index (χ4v) is 0.549. The highest BCUT2D eigenvalue weighted by Gasteiger charge is 2.02. The number of thiocarbonyl (C=S) groups is 1. The molecule has 0 radical (unpaired) electrons. The Morgan fingerprint density at radius 2 is 2.31 bits per heavy atom. The number of hydrogen-bond acceptors (Lipinski definition) is 5. The fourth-order valence-electron chi connectivity index (χ4n) is 0.507. The summed E-state index contributed by atoms with van der Waals surface area (Å²) in [5.74, 6) is -0.542. The molecule has 0 aliphatic rings. The molecule has 0 saturated carbocycles. The van der Waals surface area contributed by atoms with Gasteiger partial charge in [0, 0.05) is 12.8 Å². The van der Waals surface area contributed by atoms with Crippen molar-refractivity contribution >= 4 is 29.6 Å². The van der Waals surface area contributed by atoms with E-state index in [9.17, 15) is 9.59 Å². The van der Waals surface area contributed by atoms with E-state index in [0.717, 1.165) is 6.29 Å². The van der Waals surface area contributed by atoms with E-state index in [1.807, 2.05) is 5.48 Å². The van der Waals surface area contributed by atoms with Crippen LogP contribution in [0.5, 0.6) is 0 Å². The molecule has 0 fully saturated rings. The minimum Gasteiger partial charge on any atom is -0.341 e. The van der Waals surface area contributed by atoms with Gasteiger partial charge < -0.3 is 9.63 Å². The summed E-state index contributed by atoms with van der Waals surface area (Å²) < 4.78 is 0. The zero-order valence-electron chi connectivity index (χ0n) is 6.78. The van der Waals surface area contributed by atoms with Gasteiger partial charge in [-0.25, -0.2) is 10.3 Å². The molecular formula is C6H10N2O4S. The van der Waals surface area contributed by atoms with Gasteiger partial charge in [0.1, 0.15) is 6.29 Å². The van der Waals surface area contributed by atoms with Crippen molar-refractivity contribution in [2.75, 3.05) is 0 Å². The van der Waals surface area contributed by atoms with Crippen LogP contribution in [0.1, 0.15) is 19.3 Å². The molecule has 0 atom stereocenters. The van der Waals surface area contributed by atoms with Crippen LogP contribution in [0.25, 0.3) is 0 Å². The number of hydroxylamine groups is 2. The van der Waals surface area contributed by atoms with Crippen molar-refractivity contribution in [3.05, 3.63) is 0 Å². The second-order valence-corrected chi connectivity index (χ2v) is 2.48. The Balaban J connectivity index is 3.40. The van der Waals surface area contributed by atoms with Gasteiger partial charge in [0.15, 0.2) is 0 Å². The van der Waals surface area contributed by atoms with Gasteiger partial charge in [0.05, 0.1) is 0 Å². The second-order valence-electron chi connectivity index (χ2n) is 2.08. The number of unbranched alkanes of at least 4 members (excludes halogenated alkanes) is 1. The average Bonchev–Trinajstić information content (AvgIpc) is 2.14. The minimum absolute atomic E-state index is 0.125. The molecule has 0 unspecified atom stereocenters. The molecule has 0 aliphatic heterocycles. The Kier molecular flexibility index (Phi) is 6.75. The van der Waals surface area contributed by atoms with Crippen molar-refractivity contribution in [2.24, 2.45) is 0 Å². The van der Waals surface area contributed by atoms with Gasteiger partial charge in [0.25, 0.3) is 0 Å². The first kappa shape index (κ1) is 11.8. The monoisotopic (exact) mass is 206 g/mol. The molecule has 7 heteroatoms. The van der Waals surface area contributed by atoms with E-state index in [2.05, 4.69) is 17.1 Å². The smallest absolute Gasteiger partial charge is 0.332 e. The number of carbonyl (C=O) groups excluding carboxylic acids is 2. The summed E-state index contributed by atoms with van der Waals surface area (Å²) in [6.45, 7) is 0. The van der Waals surface area contributed by atoms with E-state index in [1.54, 1.807) is 5.48 Å². The quantitative estimate of drug-likeness (QED) is 0.251. The first-order chi connectivity index (χ1) is 6.20. The lowest BCUT2D eigenvalue weighted by atomic mass is 10.2. The van der Waals surface area contributed by atoms with Gasteiger partial charge in [-0.15, -0.1) is 0 Å². The van der Waals surface area contributed by atoms with Gasteiger partial charge >= 0.3 is 5.97 Å². The molecule has 0 aromatic carbocycles. The number of nitrogens with one attached hydrogen (secondary N) is 2. The number of aldehydes is 1. The summed E-state index contributed by atoms with van der Waals surface area (Å²) in [4.78, 5) is 25.0. The van der Waals surface area contributed by atoms with Gasteiger partial charge in [-0.1, -0.05) is 0 Å². The number of hydrogen-bond donors (Lipinski definition) is 3. The standard InChI is InChI=1S/C6H10N2O4S/c9-4-2-1-3-5(10)12-8-6(13)7-11/h4,11H,1-3H2,(H2,7,8,13). The highest BCUT2D eigenvalue weighted by atomic mass is 32.1. The van der Waals surface area contributed by atoms with Gasteiger partial charge in [-0.05, 0) is 18.6 Å². The maximum atomic E-state index is 10.8. The maximum absolute atomic E-state index is 10.8. The molecule has 0 spiro atoms. The molecule has 0 aromatic rings. The molecule has 74 valence electrons.